The Hall–Kier alpha value is -2.11. The van der Waals surface area contributed by atoms with E-state index in [0.29, 0.717) is 17.2 Å². The van der Waals surface area contributed by atoms with Gasteiger partial charge in [0, 0.05) is 5.69 Å². The van der Waals surface area contributed by atoms with Gasteiger partial charge in [0.2, 0.25) is 0 Å². The third-order valence-corrected chi connectivity index (χ3v) is 1.77. The highest BCUT2D eigenvalue weighted by atomic mass is 15.1. The van der Waals surface area contributed by atoms with Crippen molar-refractivity contribution in [2.75, 3.05) is 11.5 Å². The molecule has 0 aliphatic heterocycles. The molecule has 5 N–H and O–H groups in total. The first-order chi connectivity index (χ1) is 6.66. The molecule has 0 aliphatic carbocycles. The summed E-state index contributed by atoms with van der Waals surface area (Å²) >= 11 is 0. The van der Waals surface area contributed by atoms with Gasteiger partial charge in [-0.1, -0.05) is 0 Å². The molecule has 2 aromatic rings. The van der Waals surface area contributed by atoms with Crippen molar-refractivity contribution >= 4 is 11.6 Å². The van der Waals surface area contributed by atoms with Crippen LogP contribution in [-0.4, -0.2) is 20.2 Å². The van der Waals surface area contributed by atoms with E-state index in [1.54, 1.807) is 0 Å². The van der Waals surface area contributed by atoms with Crippen LogP contribution in [0.15, 0.2) is 12.3 Å². The summed E-state index contributed by atoms with van der Waals surface area (Å²) in [5.41, 5.74) is 13.2. The van der Waals surface area contributed by atoms with Gasteiger partial charge in [0.15, 0.2) is 5.82 Å². The number of anilines is 2. The minimum absolute atomic E-state index is 0.288. The number of nitrogen functional groups attached to an aromatic ring is 2. The number of aromatic nitrogens is 4. The standard InChI is InChI=1S/C8H10N6/c1-4-2-5(14-13-4)7-8(10)12-6(9)3-11-7/h2-3H,1H3,(H,13,14)(H4,9,10,12). The Balaban J connectivity index is 2.52. The van der Waals surface area contributed by atoms with E-state index < -0.39 is 0 Å². The molecule has 72 valence electrons. The molecule has 0 radical (unpaired) electrons. The fourth-order valence-corrected chi connectivity index (χ4v) is 1.15. The van der Waals surface area contributed by atoms with Gasteiger partial charge >= 0.3 is 0 Å². The van der Waals surface area contributed by atoms with Crippen LogP contribution in [0.4, 0.5) is 11.6 Å². The van der Waals surface area contributed by atoms with Crippen LogP contribution in [0.2, 0.25) is 0 Å². The summed E-state index contributed by atoms with van der Waals surface area (Å²) in [6.07, 6.45) is 1.45. The zero-order valence-electron chi connectivity index (χ0n) is 7.65. The van der Waals surface area contributed by atoms with E-state index in [9.17, 15) is 0 Å². The van der Waals surface area contributed by atoms with Gasteiger partial charge in [-0.2, -0.15) is 5.10 Å². The normalized spacial score (nSPS) is 10.4. The zero-order chi connectivity index (χ0) is 10.1. The van der Waals surface area contributed by atoms with Gasteiger partial charge in [-0.3, -0.25) is 5.10 Å². The average molecular weight is 190 g/mol. The second kappa shape index (κ2) is 2.99. The maximum Gasteiger partial charge on any atom is 0.154 e. The summed E-state index contributed by atoms with van der Waals surface area (Å²) in [6.45, 7) is 1.90. The van der Waals surface area contributed by atoms with E-state index in [1.807, 2.05) is 13.0 Å². The smallest absolute Gasteiger partial charge is 0.154 e. The number of nitrogens with zero attached hydrogens (tertiary/aromatic N) is 3. The van der Waals surface area contributed by atoms with Crippen molar-refractivity contribution in [2.45, 2.75) is 6.92 Å². The summed E-state index contributed by atoms with van der Waals surface area (Å²) in [7, 11) is 0. The number of aryl methyl sites for hydroxylation is 1. The van der Waals surface area contributed by atoms with E-state index in [-0.39, 0.29) is 5.82 Å². The van der Waals surface area contributed by atoms with Crippen LogP contribution in [0.25, 0.3) is 11.4 Å². The van der Waals surface area contributed by atoms with Crippen molar-refractivity contribution in [3.8, 4) is 11.4 Å². The van der Waals surface area contributed by atoms with E-state index >= 15 is 0 Å². The summed E-state index contributed by atoms with van der Waals surface area (Å²) in [6, 6.07) is 1.84. The van der Waals surface area contributed by atoms with Crippen molar-refractivity contribution in [1.82, 2.24) is 20.2 Å². The molecule has 14 heavy (non-hydrogen) atoms. The molecule has 0 fully saturated rings. The largest absolute Gasteiger partial charge is 0.382 e. The van der Waals surface area contributed by atoms with Gasteiger partial charge in [0.05, 0.1) is 6.20 Å². The molecule has 2 rings (SSSR count). The topological polar surface area (TPSA) is 106 Å². The highest BCUT2D eigenvalue weighted by Gasteiger charge is 2.08. The van der Waals surface area contributed by atoms with Crippen LogP contribution in [0.5, 0.6) is 0 Å². The van der Waals surface area contributed by atoms with Gasteiger partial charge in [-0.05, 0) is 13.0 Å². The van der Waals surface area contributed by atoms with Crippen molar-refractivity contribution < 1.29 is 0 Å². The lowest BCUT2D eigenvalue weighted by Gasteiger charge is -2.00. The average Bonchev–Trinajstić information content (AvgIpc) is 2.51. The summed E-state index contributed by atoms with van der Waals surface area (Å²) in [4.78, 5) is 7.96. The first-order valence-electron chi connectivity index (χ1n) is 4.07. The summed E-state index contributed by atoms with van der Waals surface area (Å²) in [5, 5.41) is 6.83. The molecule has 0 atom stereocenters. The monoisotopic (exact) mass is 190 g/mol. The predicted octanol–water partition coefficient (Wildman–Crippen LogP) is 0.340. The van der Waals surface area contributed by atoms with Crippen LogP contribution < -0.4 is 11.5 Å². The van der Waals surface area contributed by atoms with E-state index in [4.69, 9.17) is 11.5 Å². The van der Waals surface area contributed by atoms with Crippen molar-refractivity contribution in [1.29, 1.82) is 0 Å². The second-order valence-electron chi connectivity index (χ2n) is 2.96. The molecule has 0 aromatic carbocycles. The lowest BCUT2D eigenvalue weighted by atomic mass is 10.3. The van der Waals surface area contributed by atoms with Gasteiger partial charge in [-0.25, -0.2) is 9.97 Å². The first-order valence-corrected chi connectivity index (χ1v) is 4.07. The molecule has 2 aromatic heterocycles. The van der Waals surface area contributed by atoms with Crippen molar-refractivity contribution in [2.24, 2.45) is 0 Å². The van der Waals surface area contributed by atoms with Gasteiger partial charge < -0.3 is 11.5 Å². The first kappa shape index (κ1) is 8.49. The second-order valence-corrected chi connectivity index (χ2v) is 2.96. The molecule has 0 saturated carbocycles. The quantitative estimate of drug-likeness (QED) is 0.601. The summed E-state index contributed by atoms with van der Waals surface area (Å²) in [5.74, 6) is 0.593. The minimum Gasteiger partial charge on any atom is -0.382 e. The van der Waals surface area contributed by atoms with Crippen LogP contribution in [-0.2, 0) is 0 Å². The Morgan fingerprint density at radius 3 is 2.71 bits per heavy atom. The number of hydrogen-bond donors (Lipinski definition) is 3. The summed E-state index contributed by atoms with van der Waals surface area (Å²) < 4.78 is 0. The fraction of sp³-hybridized carbons (Fsp3) is 0.125. The zero-order valence-corrected chi connectivity index (χ0v) is 7.65. The Labute approximate surface area is 80.4 Å². The van der Waals surface area contributed by atoms with Gasteiger partial charge in [0.25, 0.3) is 0 Å². The molecule has 0 saturated heterocycles. The number of hydrogen-bond acceptors (Lipinski definition) is 5. The Morgan fingerprint density at radius 1 is 1.36 bits per heavy atom. The number of rotatable bonds is 1. The maximum atomic E-state index is 5.66. The minimum atomic E-state index is 0.288. The molecular weight excluding hydrogens is 180 g/mol. The van der Waals surface area contributed by atoms with Gasteiger partial charge in [0.1, 0.15) is 17.2 Å². The lowest BCUT2D eigenvalue weighted by Crippen LogP contribution is -2.00. The number of aromatic amines is 1. The molecular formula is C8H10N6. The molecule has 0 unspecified atom stereocenters. The molecule has 2 heterocycles. The maximum absolute atomic E-state index is 5.66. The SMILES string of the molecule is Cc1cc(-c2ncc(N)nc2N)n[nH]1. The van der Waals surface area contributed by atoms with Crippen LogP contribution in [0.1, 0.15) is 5.69 Å². The molecule has 6 heteroatoms. The lowest BCUT2D eigenvalue weighted by molar-refractivity contribution is 1.04. The number of nitrogens with one attached hydrogen (secondary N) is 1. The third-order valence-electron chi connectivity index (χ3n) is 1.77. The van der Waals surface area contributed by atoms with Crippen LogP contribution in [0.3, 0.4) is 0 Å². The van der Waals surface area contributed by atoms with Crippen molar-refractivity contribution in [3.05, 3.63) is 18.0 Å². The molecule has 0 amide bonds. The fourth-order valence-electron chi connectivity index (χ4n) is 1.15. The molecule has 0 aliphatic rings. The third kappa shape index (κ3) is 1.37. The number of H-pyrrole nitrogens is 1. The van der Waals surface area contributed by atoms with Crippen LogP contribution >= 0.6 is 0 Å². The molecule has 0 bridgehead atoms. The van der Waals surface area contributed by atoms with E-state index in [1.165, 1.54) is 6.20 Å². The Morgan fingerprint density at radius 2 is 2.14 bits per heavy atom. The molecule has 6 nitrogen and oxygen atoms in total. The highest BCUT2D eigenvalue weighted by Crippen LogP contribution is 2.20. The van der Waals surface area contributed by atoms with E-state index in [2.05, 4.69) is 20.2 Å². The van der Waals surface area contributed by atoms with E-state index in [0.717, 1.165) is 5.69 Å². The number of nitrogens with two attached hydrogens (primary N) is 2. The molecule has 0 spiro atoms. The van der Waals surface area contributed by atoms with Crippen molar-refractivity contribution in [3.63, 3.8) is 0 Å². The predicted molar refractivity (Wildman–Crippen MR) is 53.2 cm³/mol. The Bertz CT molecular complexity index is 461. The highest BCUT2D eigenvalue weighted by molar-refractivity contribution is 5.67. The Kier molecular flexibility index (Phi) is 1.81. The van der Waals surface area contributed by atoms with Crippen LogP contribution in [0, 0.1) is 6.92 Å². The van der Waals surface area contributed by atoms with Gasteiger partial charge in [-0.15, -0.1) is 0 Å².